The molecule has 0 aliphatic rings. The summed E-state index contributed by atoms with van der Waals surface area (Å²) < 4.78 is 0. The monoisotopic (exact) mass is 272 g/mol. The SMILES string of the molecule is CCCCCCCCCCNCCC(N)CC(=O)O. The molecule has 0 fully saturated rings. The van der Waals surface area contributed by atoms with Crippen LogP contribution in [0.2, 0.25) is 0 Å². The van der Waals surface area contributed by atoms with Crippen molar-refractivity contribution in [1.29, 1.82) is 0 Å². The minimum atomic E-state index is -0.810. The molecule has 0 heterocycles. The molecule has 1 atom stereocenters. The first-order chi connectivity index (χ1) is 9.16. The molecule has 0 aromatic heterocycles. The molecule has 0 amide bonds. The maximum absolute atomic E-state index is 10.4. The van der Waals surface area contributed by atoms with Gasteiger partial charge in [-0.1, -0.05) is 51.9 Å². The van der Waals surface area contributed by atoms with Gasteiger partial charge in [-0.05, 0) is 25.9 Å². The fourth-order valence-electron chi connectivity index (χ4n) is 2.12. The van der Waals surface area contributed by atoms with Gasteiger partial charge < -0.3 is 16.2 Å². The van der Waals surface area contributed by atoms with Gasteiger partial charge in [-0.15, -0.1) is 0 Å². The second kappa shape index (κ2) is 13.8. The Morgan fingerprint density at radius 3 is 2.21 bits per heavy atom. The number of carbonyl (C=O) groups is 1. The first-order valence-corrected chi connectivity index (χ1v) is 7.85. The number of carboxylic acid groups (broad SMARTS) is 1. The van der Waals surface area contributed by atoms with Crippen LogP contribution in [0.5, 0.6) is 0 Å². The third-order valence-corrected chi connectivity index (χ3v) is 3.34. The lowest BCUT2D eigenvalue weighted by Crippen LogP contribution is -2.29. The van der Waals surface area contributed by atoms with E-state index in [4.69, 9.17) is 10.8 Å². The van der Waals surface area contributed by atoms with E-state index in [1.807, 2.05) is 0 Å². The molecule has 0 aliphatic heterocycles. The van der Waals surface area contributed by atoms with Gasteiger partial charge in [-0.2, -0.15) is 0 Å². The van der Waals surface area contributed by atoms with Gasteiger partial charge in [0.25, 0.3) is 0 Å². The van der Waals surface area contributed by atoms with Crippen molar-refractivity contribution < 1.29 is 9.90 Å². The number of nitrogens with two attached hydrogens (primary N) is 1. The zero-order valence-corrected chi connectivity index (χ0v) is 12.5. The highest BCUT2D eigenvalue weighted by molar-refractivity contribution is 5.67. The standard InChI is InChI=1S/C15H32N2O2/c1-2-3-4-5-6-7-8-9-11-17-12-10-14(16)13-15(18)19/h14,17H,2-13,16H2,1H3,(H,18,19). The van der Waals surface area contributed by atoms with Gasteiger partial charge in [0, 0.05) is 6.04 Å². The topological polar surface area (TPSA) is 75.3 Å². The Hall–Kier alpha value is -0.610. The van der Waals surface area contributed by atoms with E-state index in [2.05, 4.69) is 12.2 Å². The van der Waals surface area contributed by atoms with E-state index >= 15 is 0 Å². The van der Waals surface area contributed by atoms with E-state index < -0.39 is 5.97 Å². The Morgan fingerprint density at radius 1 is 1.05 bits per heavy atom. The number of nitrogens with one attached hydrogen (secondary N) is 1. The third-order valence-electron chi connectivity index (χ3n) is 3.34. The van der Waals surface area contributed by atoms with Crippen molar-refractivity contribution in [3.63, 3.8) is 0 Å². The first-order valence-electron chi connectivity index (χ1n) is 7.85. The number of hydrogen-bond donors (Lipinski definition) is 3. The summed E-state index contributed by atoms with van der Waals surface area (Å²) in [5.41, 5.74) is 5.67. The first kappa shape index (κ1) is 18.4. The van der Waals surface area contributed by atoms with Crippen molar-refractivity contribution in [3.8, 4) is 0 Å². The van der Waals surface area contributed by atoms with Crippen LogP contribution < -0.4 is 11.1 Å². The molecule has 0 spiro atoms. The van der Waals surface area contributed by atoms with Crippen LogP contribution in [0.3, 0.4) is 0 Å². The molecule has 0 aromatic rings. The van der Waals surface area contributed by atoms with Crippen LogP contribution in [-0.4, -0.2) is 30.2 Å². The second-order valence-electron chi connectivity index (χ2n) is 5.37. The van der Waals surface area contributed by atoms with Gasteiger partial charge in [0.2, 0.25) is 0 Å². The van der Waals surface area contributed by atoms with E-state index in [9.17, 15) is 4.79 Å². The molecular weight excluding hydrogens is 240 g/mol. The smallest absolute Gasteiger partial charge is 0.304 e. The quantitative estimate of drug-likeness (QED) is 0.425. The molecule has 0 radical (unpaired) electrons. The zero-order chi connectivity index (χ0) is 14.3. The van der Waals surface area contributed by atoms with Crippen molar-refractivity contribution in [3.05, 3.63) is 0 Å². The van der Waals surface area contributed by atoms with Crippen LogP contribution in [0.4, 0.5) is 0 Å². The van der Waals surface area contributed by atoms with Gasteiger partial charge >= 0.3 is 5.97 Å². The molecule has 19 heavy (non-hydrogen) atoms. The Kier molecular flexibility index (Phi) is 13.4. The van der Waals surface area contributed by atoms with Gasteiger partial charge in [-0.3, -0.25) is 4.79 Å². The Labute approximate surface area is 118 Å². The second-order valence-corrected chi connectivity index (χ2v) is 5.37. The molecule has 0 saturated heterocycles. The van der Waals surface area contributed by atoms with Crippen molar-refractivity contribution >= 4 is 5.97 Å². The Bertz CT molecular complexity index is 210. The average Bonchev–Trinajstić information content (AvgIpc) is 2.35. The molecule has 114 valence electrons. The highest BCUT2D eigenvalue weighted by atomic mass is 16.4. The normalized spacial score (nSPS) is 12.5. The molecule has 0 bridgehead atoms. The summed E-state index contributed by atoms with van der Waals surface area (Å²) in [7, 11) is 0. The van der Waals surface area contributed by atoms with Crippen LogP contribution >= 0.6 is 0 Å². The zero-order valence-electron chi connectivity index (χ0n) is 12.5. The molecule has 1 unspecified atom stereocenters. The third kappa shape index (κ3) is 15.3. The van der Waals surface area contributed by atoms with Crippen LogP contribution in [0.1, 0.15) is 71.1 Å². The van der Waals surface area contributed by atoms with E-state index in [1.165, 1.54) is 51.4 Å². The number of hydrogen-bond acceptors (Lipinski definition) is 3. The minimum absolute atomic E-state index is 0.0689. The van der Waals surface area contributed by atoms with E-state index in [0.29, 0.717) is 0 Å². The van der Waals surface area contributed by atoms with Crippen molar-refractivity contribution in [2.75, 3.05) is 13.1 Å². The maximum Gasteiger partial charge on any atom is 0.304 e. The summed E-state index contributed by atoms with van der Waals surface area (Å²) in [6, 6.07) is -0.219. The van der Waals surface area contributed by atoms with Crippen LogP contribution in [-0.2, 0) is 4.79 Å². The summed E-state index contributed by atoms with van der Waals surface area (Å²) in [5.74, 6) is -0.810. The van der Waals surface area contributed by atoms with Crippen molar-refractivity contribution in [1.82, 2.24) is 5.32 Å². The summed E-state index contributed by atoms with van der Waals surface area (Å²) in [5, 5.41) is 11.9. The van der Waals surface area contributed by atoms with Crippen LogP contribution in [0.15, 0.2) is 0 Å². The van der Waals surface area contributed by atoms with Crippen LogP contribution in [0, 0.1) is 0 Å². The Balaban J connectivity index is 3.08. The summed E-state index contributed by atoms with van der Waals surface area (Å²) in [6.07, 6.45) is 11.5. The molecule has 4 N–H and O–H groups in total. The largest absolute Gasteiger partial charge is 0.481 e. The molecule has 4 heteroatoms. The summed E-state index contributed by atoms with van der Waals surface area (Å²) >= 11 is 0. The number of aliphatic carboxylic acids is 1. The molecule has 0 aromatic carbocycles. The fraction of sp³-hybridized carbons (Fsp3) is 0.933. The summed E-state index contributed by atoms with van der Waals surface area (Å²) in [6.45, 7) is 4.09. The number of unbranched alkanes of at least 4 members (excludes halogenated alkanes) is 7. The highest BCUT2D eigenvalue weighted by Crippen LogP contribution is 2.07. The molecule has 0 aliphatic carbocycles. The lowest BCUT2D eigenvalue weighted by molar-refractivity contribution is -0.137. The average molecular weight is 272 g/mol. The fourth-order valence-corrected chi connectivity index (χ4v) is 2.12. The maximum atomic E-state index is 10.4. The van der Waals surface area contributed by atoms with E-state index in [-0.39, 0.29) is 12.5 Å². The predicted octanol–water partition coefficient (Wildman–Crippen LogP) is 2.91. The van der Waals surface area contributed by atoms with Gasteiger partial charge in [-0.25, -0.2) is 0 Å². The van der Waals surface area contributed by atoms with E-state index in [1.54, 1.807) is 0 Å². The Morgan fingerprint density at radius 2 is 1.63 bits per heavy atom. The lowest BCUT2D eigenvalue weighted by Gasteiger charge is -2.09. The van der Waals surface area contributed by atoms with Gasteiger partial charge in [0.15, 0.2) is 0 Å². The minimum Gasteiger partial charge on any atom is -0.481 e. The van der Waals surface area contributed by atoms with Gasteiger partial charge in [0.1, 0.15) is 0 Å². The van der Waals surface area contributed by atoms with Crippen molar-refractivity contribution in [2.24, 2.45) is 5.73 Å². The lowest BCUT2D eigenvalue weighted by atomic mass is 10.1. The molecular formula is C15H32N2O2. The highest BCUT2D eigenvalue weighted by Gasteiger charge is 2.06. The van der Waals surface area contributed by atoms with E-state index in [0.717, 1.165) is 19.5 Å². The summed E-state index contributed by atoms with van der Waals surface area (Å²) in [4.78, 5) is 10.4. The molecule has 0 saturated carbocycles. The van der Waals surface area contributed by atoms with Crippen LogP contribution in [0.25, 0.3) is 0 Å². The number of carboxylic acids is 1. The number of rotatable bonds is 14. The molecule has 4 nitrogen and oxygen atoms in total. The van der Waals surface area contributed by atoms with Gasteiger partial charge in [0.05, 0.1) is 6.42 Å². The van der Waals surface area contributed by atoms with Crippen molar-refractivity contribution in [2.45, 2.75) is 77.2 Å². The predicted molar refractivity (Wildman–Crippen MR) is 80.3 cm³/mol. The molecule has 0 rings (SSSR count).